The topological polar surface area (TPSA) is 53.0 Å². The Morgan fingerprint density at radius 2 is 1.77 bits per heavy atom. The number of fused-ring (bicyclic) bond motifs is 5. The van der Waals surface area contributed by atoms with E-state index in [4.69, 9.17) is 4.74 Å². The lowest BCUT2D eigenvalue weighted by Crippen LogP contribution is -2.54. The Balaban J connectivity index is 1.34. The number of hydrogen-bond donors (Lipinski definition) is 2. The minimum Gasteiger partial charge on any atom is -0.393 e. The lowest BCUT2D eigenvalue weighted by molar-refractivity contribution is -0.0971. The van der Waals surface area contributed by atoms with Crippen LogP contribution < -0.4 is 0 Å². The minimum absolute atomic E-state index is 0.110. The maximum absolute atomic E-state index is 11.3. The summed E-state index contributed by atoms with van der Waals surface area (Å²) in [5.74, 6) is 3.17. The molecule has 5 aliphatic rings. The first kappa shape index (κ1) is 21.5. The molecule has 0 amide bonds. The summed E-state index contributed by atoms with van der Waals surface area (Å²) in [6.07, 6.45) is 12.6. The number of ether oxygens (including phenoxy) is 1. The van der Waals surface area contributed by atoms with Crippen molar-refractivity contribution in [1.82, 2.24) is 0 Å². The summed E-state index contributed by atoms with van der Waals surface area (Å²) in [7, 11) is 0. The molecule has 0 aromatic carbocycles. The van der Waals surface area contributed by atoms with Gasteiger partial charge in [-0.05, 0) is 112 Å². The predicted molar refractivity (Wildman–Crippen MR) is 120 cm³/mol. The van der Waals surface area contributed by atoms with Crippen molar-refractivity contribution in [3.8, 4) is 0 Å². The van der Waals surface area contributed by atoms with Crippen molar-refractivity contribution in [2.24, 2.45) is 40.4 Å². The van der Waals surface area contributed by atoms with Gasteiger partial charge in [-0.1, -0.05) is 32.4 Å². The molecule has 170 valence electrons. The summed E-state index contributed by atoms with van der Waals surface area (Å²) in [6, 6.07) is 0. The summed E-state index contributed by atoms with van der Waals surface area (Å²) < 4.78 is 5.85. The molecule has 4 aliphatic carbocycles. The van der Waals surface area contributed by atoms with Crippen LogP contribution in [0.4, 0.5) is 0 Å². The van der Waals surface area contributed by atoms with Crippen LogP contribution in [0.2, 0.25) is 0 Å². The highest BCUT2D eigenvalue weighted by molar-refractivity contribution is 5.27. The van der Waals surface area contributed by atoms with Gasteiger partial charge in [-0.2, -0.15) is 0 Å². The van der Waals surface area contributed by atoms with E-state index in [0.29, 0.717) is 29.3 Å². The SMILES string of the molecule is CC(CCC1OC1(C)C)[C@H]1CC[C@H]2C3C(O)C=C4C[C@@H](O)CC[C@]4(C)[C@H]3CC[C@]12C. The highest BCUT2D eigenvalue weighted by Crippen LogP contribution is 2.67. The van der Waals surface area contributed by atoms with Crippen LogP contribution in [0.25, 0.3) is 0 Å². The van der Waals surface area contributed by atoms with Crippen LogP contribution in [0.15, 0.2) is 11.6 Å². The molecule has 0 spiro atoms. The van der Waals surface area contributed by atoms with Crippen molar-refractivity contribution in [2.75, 3.05) is 0 Å². The van der Waals surface area contributed by atoms with Crippen molar-refractivity contribution in [3.63, 3.8) is 0 Å². The van der Waals surface area contributed by atoms with E-state index < -0.39 is 0 Å². The van der Waals surface area contributed by atoms with Gasteiger partial charge in [0.2, 0.25) is 0 Å². The second-order valence-corrected chi connectivity index (χ2v) is 12.8. The Kier molecular flexibility index (Phi) is 5.05. The fraction of sp³-hybridized carbons (Fsp3) is 0.926. The Bertz CT molecular complexity index is 713. The molecule has 1 heterocycles. The maximum atomic E-state index is 11.3. The van der Waals surface area contributed by atoms with Gasteiger partial charge in [-0.25, -0.2) is 0 Å². The summed E-state index contributed by atoms with van der Waals surface area (Å²) >= 11 is 0. The molecule has 3 nitrogen and oxygen atoms in total. The summed E-state index contributed by atoms with van der Waals surface area (Å²) in [5, 5.41) is 21.5. The predicted octanol–water partition coefficient (Wildman–Crippen LogP) is 5.49. The van der Waals surface area contributed by atoms with Gasteiger partial charge >= 0.3 is 0 Å². The van der Waals surface area contributed by atoms with Crippen LogP contribution in [0.1, 0.15) is 92.4 Å². The largest absolute Gasteiger partial charge is 0.393 e. The Labute approximate surface area is 183 Å². The fourth-order valence-electron chi connectivity index (χ4n) is 8.96. The third kappa shape index (κ3) is 3.17. The zero-order valence-electron chi connectivity index (χ0n) is 19.9. The van der Waals surface area contributed by atoms with Gasteiger partial charge in [0.25, 0.3) is 0 Å². The number of aliphatic hydroxyl groups is 2. The van der Waals surface area contributed by atoms with E-state index in [2.05, 4.69) is 40.7 Å². The molecule has 4 unspecified atom stereocenters. The molecular weight excluding hydrogens is 372 g/mol. The van der Waals surface area contributed by atoms with Gasteiger partial charge < -0.3 is 14.9 Å². The van der Waals surface area contributed by atoms with Crippen molar-refractivity contribution in [3.05, 3.63) is 11.6 Å². The van der Waals surface area contributed by atoms with Crippen molar-refractivity contribution in [2.45, 2.75) is 116 Å². The molecule has 3 saturated carbocycles. The number of epoxide rings is 1. The molecular formula is C27H44O3. The maximum Gasteiger partial charge on any atom is 0.0892 e. The molecule has 4 fully saturated rings. The number of rotatable bonds is 4. The average Bonchev–Trinajstić information content (AvgIpc) is 3.13. The van der Waals surface area contributed by atoms with E-state index in [1.807, 2.05) is 0 Å². The van der Waals surface area contributed by atoms with E-state index in [9.17, 15) is 10.2 Å². The Hall–Kier alpha value is -0.380. The van der Waals surface area contributed by atoms with Crippen LogP contribution in [0.3, 0.4) is 0 Å². The summed E-state index contributed by atoms with van der Waals surface area (Å²) in [4.78, 5) is 0. The molecule has 0 aromatic rings. The fourth-order valence-corrected chi connectivity index (χ4v) is 8.96. The molecule has 5 rings (SSSR count). The van der Waals surface area contributed by atoms with Crippen molar-refractivity contribution in [1.29, 1.82) is 0 Å². The number of aliphatic hydroxyl groups excluding tert-OH is 2. The first-order chi connectivity index (χ1) is 14.1. The van der Waals surface area contributed by atoms with E-state index in [1.54, 1.807) is 0 Å². The van der Waals surface area contributed by atoms with Gasteiger partial charge in [-0.15, -0.1) is 0 Å². The van der Waals surface area contributed by atoms with E-state index >= 15 is 0 Å². The van der Waals surface area contributed by atoms with E-state index in [1.165, 1.54) is 44.1 Å². The Morgan fingerprint density at radius 3 is 2.47 bits per heavy atom. The third-order valence-corrected chi connectivity index (χ3v) is 10.9. The quantitative estimate of drug-likeness (QED) is 0.470. The molecule has 10 atom stereocenters. The second-order valence-electron chi connectivity index (χ2n) is 12.8. The standard InChI is InChI=1S/C27H44O3/c1-16(6-9-23-25(2,3)30-23)19-7-8-20-24-21(11-13-27(19,20)5)26(4)12-10-18(28)14-17(26)15-22(24)29/h15-16,18-24,28-29H,6-14H2,1-5H3/t16?,18-,19+,20-,21-,22?,23?,24?,26-,27+/m0/s1. The van der Waals surface area contributed by atoms with Gasteiger partial charge in [0.05, 0.1) is 23.9 Å². The summed E-state index contributed by atoms with van der Waals surface area (Å²) in [5.41, 5.74) is 2.04. The summed E-state index contributed by atoms with van der Waals surface area (Å²) in [6.45, 7) is 11.9. The van der Waals surface area contributed by atoms with E-state index in [0.717, 1.165) is 31.1 Å². The van der Waals surface area contributed by atoms with Crippen LogP contribution in [0.5, 0.6) is 0 Å². The van der Waals surface area contributed by atoms with Crippen LogP contribution >= 0.6 is 0 Å². The smallest absolute Gasteiger partial charge is 0.0892 e. The molecule has 0 aromatic heterocycles. The molecule has 0 bridgehead atoms. The average molecular weight is 417 g/mol. The molecule has 0 radical (unpaired) electrons. The normalized spacial score (nSPS) is 52.6. The molecule has 2 N–H and O–H groups in total. The highest BCUT2D eigenvalue weighted by atomic mass is 16.6. The number of hydrogen-bond acceptors (Lipinski definition) is 3. The van der Waals surface area contributed by atoms with Gasteiger partial charge in [0.1, 0.15) is 0 Å². The molecule has 1 aliphatic heterocycles. The van der Waals surface area contributed by atoms with Crippen LogP contribution in [-0.2, 0) is 4.74 Å². The van der Waals surface area contributed by atoms with Crippen LogP contribution in [-0.4, -0.2) is 34.1 Å². The first-order valence-electron chi connectivity index (χ1n) is 12.8. The van der Waals surface area contributed by atoms with Crippen molar-refractivity contribution < 1.29 is 14.9 Å². The molecule has 30 heavy (non-hydrogen) atoms. The zero-order valence-corrected chi connectivity index (χ0v) is 19.9. The lowest BCUT2D eigenvalue weighted by Gasteiger charge is -2.59. The minimum atomic E-state index is -0.317. The third-order valence-electron chi connectivity index (χ3n) is 10.9. The van der Waals surface area contributed by atoms with Gasteiger partial charge in [0, 0.05) is 0 Å². The zero-order chi connectivity index (χ0) is 21.5. The lowest BCUT2D eigenvalue weighted by atomic mass is 9.46. The first-order valence-corrected chi connectivity index (χ1v) is 12.8. The van der Waals surface area contributed by atoms with Gasteiger partial charge in [0.15, 0.2) is 0 Å². The van der Waals surface area contributed by atoms with E-state index in [-0.39, 0.29) is 23.2 Å². The van der Waals surface area contributed by atoms with Crippen LogP contribution in [0, 0.1) is 40.4 Å². The monoisotopic (exact) mass is 416 g/mol. The molecule has 3 heteroatoms. The van der Waals surface area contributed by atoms with Crippen molar-refractivity contribution >= 4 is 0 Å². The highest BCUT2D eigenvalue weighted by Gasteiger charge is 2.61. The van der Waals surface area contributed by atoms with Gasteiger partial charge in [-0.3, -0.25) is 0 Å². The second kappa shape index (κ2) is 7.06. The Morgan fingerprint density at radius 1 is 1.03 bits per heavy atom. The molecule has 1 saturated heterocycles.